The molecule has 0 bridgehead atoms. The standard InChI is InChI=1S/C18H22N6O/c1-13-10-24(5-6-25-13)11-15-4-2-3-14(7-15)8-19-17-16-9-22-23-18(16)21-12-20-17/h2-4,7,9,12-13H,5-6,8,10-11H2,1H3,(H2,19,20,21,22,23). The molecular weight excluding hydrogens is 316 g/mol. The number of hydrogen-bond donors (Lipinski definition) is 2. The van der Waals surface area contributed by atoms with Crippen molar-refractivity contribution in [3.8, 4) is 0 Å². The molecule has 1 fully saturated rings. The molecule has 2 aromatic heterocycles. The average Bonchev–Trinajstić information content (AvgIpc) is 3.10. The van der Waals surface area contributed by atoms with Crippen LogP contribution >= 0.6 is 0 Å². The number of rotatable bonds is 5. The van der Waals surface area contributed by atoms with Gasteiger partial charge in [0.15, 0.2) is 5.65 Å². The van der Waals surface area contributed by atoms with E-state index in [4.69, 9.17) is 4.74 Å². The molecule has 0 radical (unpaired) electrons. The summed E-state index contributed by atoms with van der Waals surface area (Å²) in [6.07, 6.45) is 3.60. The Hall–Kier alpha value is -2.51. The molecule has 7 nitrogen and oxygen atoms in total. The van der Waals surface area contributed by atoms with Gasteiger partial charge in [0.1, 0.15) is 12.1 Å². The molecule has 3 heterocycles. The van der Waals surface area contributed by atoms with Gasteiger partial charge in [0.2, 0.25) is 0 Å². The molecule has 1 unspecified atom stereocenters. The van der Waals surface area contributed by atoms with E-state index in [-0.39, 0.29) is 0 Å². The van der Waals surface area contributed by atoms with Crippen molar-refractivity contribution in [3.05, 3.63) is 47.9 Å². The fourth-order valence-electron chi connectivity index (χ4n) is 3.22. The van der Waals surface area contributed by atoms with E-state index in [2.05, 4.69) is 61.6 Å². The van der Waals surface area contributed by atoms with Crippen LogP contribution in [0.2, 0.25) is 0 Å². The SMILES string of the molecule is CC1CN(Cc2cccc(CNc3ncnc4[nH]ncc34)c2)CCO1. The van der Waals surface area contributed by atoms with E-state index in [1.165, 1.54) is 11.1 Å². The van der Waals surface area contributed by atoms with Crippen molar-refractivity contribution in [1.82, 2.24) is 25.1 Å². The first kappa shape index (κ1) is 16.0. The number of anilines is 1. The third kappa shape index (κ3) is 3.78. The van der Waals surface area contributed by atoms with Crippen molar-refractivity contribution < 1.29 is 4.74 Å². The van der Waals surface area contributed by atoms with Crippen LogP contribution in [-0.2, 0) is 17.8 Å². The number of H-pyrrole nitrogens is 1. The van der Waals surface area contributed by atoms with Crippen LogP contribution in [0.25, 0.3) is 11.0 Å². The van der Waals surface area contributed by atoms with E-state index < -0.39 is 0 Å². The topological polar surface area (TPSA) is 79.0 Å². The van der Waals surface area contributed by atoms with Crippen LogP contribution in [0.15, 0.2) is 36.8 Å². The molecule has 1 saturated heterocycles. The molecule has 1 aromatic carbocycles. The number of nitrogens with one attached hydrogen (secondary N) is 2. The van der Waals surface area contributed by atoms with Gasteiger partial charge < -0.3 is 10.1 Å². The summed E-state index contributed by atoms with van der Waals surface area (Å²) in [7, 11) is 0. The van der Waals surface area contributed by atoms with Gasteiger partial charge in [-0.05, 0) is 18.1 Å². The maximum atomic E-state index is 5.61. The van der Waals surface area contributed by atoms with Crippen LogP contribution < -0.4 is 5.32 Å². The van der Waals surface area contributed by atoms with Crippen molar-refractivity contribution in [3.63, 3.8) is 0 Å². The molecule has 7 heteroatoms. The number of aromatic nitrogens is 4. The first-order valence-electron chi connectivity index (χ1n) is 8.57. The van der Waals surface area contributed by atoms with Crippen LogP contribution in [0.1, 0.15) is 18.1 Å². The lowest BCUT2D eigenvalue weighted by Crippen LogP contribution is -2.40. The van der Waals surface area contributed by atoms with Gasteiger partial charge in [0.05, 0.1) is 24.3 Å². The van der Waals surface area contributed by atoms with Crippen LogP contribution in [0.5, 0.6) is 0 Å². The molecule has 130 valence electrons. The molecular formula is C18H22N6O. The largest absolute Gasteiger partial charge is 0.376 e. The van der Waals surface area contributed by atoms with Gasteiger partial charge in [0, 0.05) is 26.2 Å². The van der Waals surface area contributed by atoms with E-state index in [9.17, 15) is 0 Å². The van der Waals surface area contributed by atoms with Crippen molar-refractivity contribution >= 4 is 16.9 Å². The lowest BCUT2D eigenvalue weighted by Gasteiger charge is -2.31. The predicted molar refractivity (Wildman–Crippen MR) is 96.1 cm³/mol. The molecule has 2 N–H and O–H groups in total. The third-order valence-corrected chi connectivity index (χ3v) is 4.43. The highest BCUT2D eigenvalue weighted by Crippen LogP contribution is 2.18. The summed E-state index contributed by atoms with van der Waals surface area (Å²) in [4.78, 5) is 10.9. The van der Waals surface area contributed by atoms with Crippen LogP contribution in [-0.4, -0.2) is 50.9 Å². The number of morpholine rings is 1. The summed E-state index contributed by atoms with van der Waals surface area (Å²) in [5, 5.41) is 11.2. The van der Waals surface area contributed by atoms with E-state index in [0.29, 0.717) is 12.6 Å². The maximum absolute atomic E-state index is 5.61. The van der Waals surface area contributed by atoms with Crippen LogP contribution in [0.4, 0.5) is 5.82 Å². The Morgan fingerprint density at radius 1 is 1.32 bits per heavy atom. The van der Waals surface area contributed by atoms with Crippen molar-refractivity contribution in [1.29, 1.82) is 0 Å². The van der Waals surface area contributed by atoms with Gasteiger partial charge in [-0.3, -0.25) is 10.00 Å². The highest BCUT2D eigenvalue weighted by molar-refractivity contribution is 5.85. The number of hydrogen-bond acceptors (Lipinski definition) is 6. The number of benzene rings is 1. The van der Waals surface area contributed by atoms with Crippen molar-refractivity contribution in [2.24, 2.45) is 0 Å². The fourth-order valence-corrected chi connectivity index (χ4v) is 3.22. The second-order valence-electron chi connectivity index (χ2n) is 6.44. The quantitative estimate of drug-likeness (QED) is 0.742. The van der Waals surface area contributed by atoms with Gasteiger partial charge in [0.25, 0.3) is 0 Å². The second kappa shape index (κ2) is 7.16. The first-order chi connectivity index (χ1) is 12.3. The average molecular weight is 338 g/mol. The Morgan fingerprint density at radius 3 is 3.16 bits per heavy atom. The van der Waals surface area contributed by atoms with Crippen LogP contribution in [0.3, 0.4) is 0 Å². The van der Waals surface area contributed by atoms with Gasteiger partial charge in [-0.15, -0.1) is 0 Å². The summed E-state index contributed by atoms with van der Waals surface area (Å²) in [6, 6.07) is 8.68. The molecule has 3 aromatic rings. The van der Waals surface area contributed by atoms with Gasteiger partial charge in [-0.1, -0.05) is 24.3 Å². The van der Waals surface area contributed by atoms with Crippen molar-refractivity contribution in [2.45, 2.75) is 26.1 Å². The number of nitrogens with zero attached hydrogens (tertiary/aromatic N) is 4. The van der Waals surface area contributed by atoms with E-state index in [1.807, 2.05) is 0 Å². The Labute approximate surface area is 146 Å². The molecule has 25 heavy (non-hydrogen) atoms. The minimum Gasteiger partial charge on any atom is -0.376 e. The highest BCUT2D eigenvalue weighted by Gasteiger charge is 2.16. The smallest absolute Gasteiger partial charge is 0.160 e. The zero-order chi connectivity index (χ0) is 17.1. The molecule has 4 rings (SSSR count). The molecule has 0 aliphatic carbocycles. The zero-order valence-electron chi connectivity index (χ0n) is 14.3. The number of fused-ring (bicyclic) bond motifs is 1. The molecule has 0 saturated carbocycles. The molecule has 1 aliphatic rings. The molecule has 1 aliphatic heterocycles. The Bertz CT molecular complexity index is 848. The van der Waals surface area contributed by atoms with Gasteiger partial charge >= 0.3 is 0 Å². The minimum absolute atomic E-state index is 0.314. The van der Waals surface area contributed by atoms with Crippen LogP contribution in [0, 0.1) is 0 Å². The number of aromatic amines is 1. The van der Waals surface area contributed by atoms with E-state index in [1.54, 1.807) is 12.5 Å². The molecule has 1 atom stereocenters. The lowest BCUT2D eigenvalue weighted by molar-refractivity contribution is -0.0212. The minimum atomic E-state index is 0.314. The third-order valence-electron chi connectivity index (χ3n) is 4.43. The first-order valence-corrected chi connectivity index (χ1v) is 8.57. The predicted octanol–water partition coefficient (Wildman–Crippen LogP) is 2.19. The Morgan fingerprint density at radius 2 is 2.24 bits per heavy atom. The summed E-state index contributed by atoms with van der Waals surface area (Å²) >= 11 is 0. The maximum Gasteiger partial charge on any atom is 0.160 e. The van der Waals surface area contributed by atoms with E-state index >= 15 is 0 Å². The molecule has 0 amide bonds. The summed E-state index contributed by atoms with van der Waals surface area (Å²) in [6.45, 7) is 6.60. The fraction of sp³-hybridized carbons (Fsp3) is 0.389. The monoisotopic (exact) mass is 338 g/mol. The highest BCUT2D eigenvalue weighted by atomic mass is 16.5. The Balaban J connectivity index is 1.42. The lowest BCUT2D eigenvalue weighted by atomic mass is 10.1. The number of ether oxygens (including phenoxy) is 1. The summed E-state index contributed by atoms with van der Waals surface area (Å²) < 4.78 is 5.61. The van der Waals surface area contributed by atoms with E-state index in [0.717, 1.165) is 43.1 Å². The second-order valence-corrected chi connectivity index (χ2v) is 6.44. The van der Waals surface area contributed by atoms with Gasteiger partial charge in [-0.2, -0.15) is 5.10 Å². The Kier molecular flexibility index (Phi) is 4.58. The van der Waals surface area contributed by atoms with Gasteiger partial charge in [-0.25, -0.2) is 9.97 Å². The summed E-state index contributed by atoms with van der Waals surface area (Å²) in [5.74, 6) is 0.797. The zero-order valence-corrected chi connectivity index (χ0v) is 14.3. The van der Waals surface area contributed by atoms with Crippen molar-refractivity contribution in [2.75, 3.05) is 25.0 Å². The summed E-state index contributed by atoms with van der Waals surface area (Å²) in [5.41, 5.74) is 3.30. The normalized spacial score (nSPS) is 18.5. The molecule has 0 spiro atoms.